The summed E-state index contributed by atoms with van der Waals surface area (Å²) in [7, 11) is 1.49. The molecule has 1 aliphatic heterocycles. The second-order valence-corrected chi connectivity index (χ2v) is 6.02. The second kappa shape index (κ2) is 5.69. The van der Waals surface area contributed by atoms with Crippen LogP contribution in [0.1, 0.15) is 19.4 Å². The molecule has 7 heteroatoms. The molecular formula is C14H12BrClO5. The summed E-state index contributed by atoms with van der Waals surface area (Å²) in [5, 5.41) is 0.344. The van der Waals surface area contributed by atoms with Crippen LogP contribution < -0.4 is 4.74 Å². The minimum atomic E-state index is -1.26. The third kappa shape index (κ3) is 3.39. The number of carbonyl (C=O) groups is 2. The molecular weight excluding hydrogens is 364 g/mol. The monoisotopic (exact) mass is 374 g/mol. The lowest BCUT2D eigenvalue weighted by atomic mass is 10.1. The van der Waals surface area contributed by atoms with Gasteiger partial charge >= 0.3 is 11.9 Å². The SMILES string of the molecule is COc1c(Cl)cc(C=C2C(=O)OC(C)(C)OC2=O)cc1Br. The summed E-state index contributed by atoms with van der Waals surface area (Å²) in [5.41, 5.74) is 0.346. The van der Waals surface area contributed by atoms with Crippen molar-refractivity contribution in [1.29, 1.82) is 0 Å². The molecule has 0 bridgehead atoms. The molecule has 0 spiro atoms. The van der Waals surface area contributed by atoms with Crippen LogP contribution in [0.15, 0.2) is 22.2 Å². The Bertz CT molecular complexity index is 606. The number of halogens is 2. The first-order valence-corrected chi connectivity index (χ1v) is 7.12. The molecule has 0 unspecified atom stereocenters. The van der Waals surface area contributed by atoms with Crippen molar-refractivity contribution >= 4 is 45.5 Å². The smallest absolute Gasteiger partial charge is 0.348 e. The van der Waals surface area contributed by atoms with Crippen molar-refractivity contribution in [3.05, 3.63) is 32.8 Å². The first kappa shape index (κ1) is 15.9. The van der Waals surface area contributed by atoms with E-state index in [2.05, 4.69) is 15.9 Å². The standard InChI is InChI=1S/C14H12BrClO5/c1-14(2)20-12(17)8(13(18)21-14)4-7-5-9(15)11(19-3)10(16)6-7/h4-6H,1-3H3. The normalized spacial score (nSPS) is 17.1. The number of rotatable bonds is 2. The van der Waals surface area contributed by atoms with Gasteiger partial charge in [-0.15, -0.1) is 0 Å². The van der Waals surface area contributed by atoms with E-state index in [1.54, 1.807) is 12.1 Å². The van der Waals surface area contributed by atoms with Crippen molar-refractivity contribution in [1.82, 2.24) is 0 Å². The Hall–Kier alpha value is -1.53. The summed E-state index contributed by atoms with van der Waals surface area (Å²) in [4.78, 5) is 23.7. The lowest BCUT2D eigenvalue weighted by molar-refractivity contribution is -0.222. The fourth-order valence-electron chi connectivity index (χ4n) is 1.80. The van der Waals surface area contributed by atoms with E-state index < -0.39 is 17.7 Å². The van der Waals surface area contributed by atoms with E-state index in [9.17, 15) is 9.59 Å². The van der Waals surface area contributed by atoms with E-state index >= 15 is 0 Å². The van der Waals surface area contributed by atoms with Crippen LogP contribution in [0.5, 0.6) is 5.75 Å². The summed E-state index contributed by atoms with van der Waals surface area (Å²) in [6.07, 6.45) is 1.36. The molecule has 0 N–H and O–H groups in total. The molecule has 1 saturated heterocycles. The van der Waals surface area contributed by atoms with Crippen molar-refractivity contribution in [2.75, 3.05) is 7.11 Å². The Labute approximate surface area is 134 Å². The number of hydrogen-bond donors (Lipinski definition) is 0. The Morgan fingerprint density at radius 1 is 1.24 bits per heavy atom. The molecule has 1 aromatic rings. The maximum absolute atomic E-state index is 11.9. The summed E-state index contributed by atoms with van der Waals surface area (Å²) >= 11 is 9.35. The third-order valence-corrected chi connectivity index (χ3v) is 3.52. The highest BCUT2D eigenvalue weighted by Crippen LogP contribution is 2.35. The Balaban J connectivity index is 2.40. The zero-order valence-electron chi connectivity index (χ0n) is 11.5. The van der Waals surface area contributed by atoms with Gasteiger partial charge in [0.1, 0.15) is 5.57 Å². The Morgan fingerprint density at radius 3 is 2.29 bits per heavy atom. The predicted molar refractivity (Wildman–Crippen MR) is 79.9 cm³/mol. The average molecular weight is 376 g/mol. The first-order chi connectivity index (χ1) is 9.73. The molecule has 21 heavy (non-hydrogen) atoms. The van der Waals surface area contributed by atoms with Gasteiger partial charge in [0.05, 0.1) is 16.6 Å². The van der Waals surface area contributed by atoms with E-state index in [1.165, 1.54) is 27.0 Å². The molecule has 0 saturated carbocycles. The maximum atomic E-state index is 11.9. The predicted octanol–water partition coefficient (Wildman–Crippen LogP) is 3.33. The van der Waals surface area contributed by atoms with Crippen LogP contribution in [-0.2, 0) is 19.1 Å². The molecule has 1 aromatic carbocycles. The molecule has 0 aromatic heterocycles. The second-order valence-electron chi connectivity index (χ2n) is 4.75. The molecule has 1 heterocycles. The summed E-state index contributed by atoms with van der Waals surface area (Å²) in [6.45, 7) is 2.97. The van der Waals surface area contributed by atoms with E-state index in [4.69, 9.17) is 25.8 Å². The van der Waals surface area contributed by atoms with E-state index in [-0.39, 0.29) is 5.57 Å². The van der Waals surface area contributed by atoms with Gasteiger partial charge < -0.3 is 14.2 Å². The molecule has 0 aliphatic carbocycles. The Morgan fingerprint density at radius 2 is 1.81 bits per heavy atom. The van der Waals surface area contributed by atoms with E-state index in [1.807, 2.05) is 0 Å². The zero-order valence-corrected chi connectivity index (χ0v) is 13.9. The van der Waals surface area contributed by atoms with Gasteiger partial charge in [-0.05, 0) is 39.7 Å². The minimum absolute atomic E-state index is 0.192. The number of benzene rings is 1. The van der Waals surface area contributed by atoms with Gasteiger partial charge in [0.25, 0.3) is 5.79 Å². The van der Waals surface area contributed by atoms with Gasteiger partial charge in [0, 0.05) is 13.8 Å². The lowest BCUT2D eigenvalue weighted by Crippen LogP contribution is -2.41. The molecule has 2 rings (SSSR count). The topological polar surface area (TPSA) is 61.8 Å². The number of methoxy groups -OCH3 is 1. The number of esters is 2. The van der Waals surface area contributed by atoms with Crippen molar-refractivity contribution in [3.8, 4) is 5.75 Å². The molecule has 0 atom stereocenters. The van der Waals surface area contributed by atoms with Gasteiger partial charge in [-0.25, -0.2) is 9.59 Å². The minimum Gasteiger partial charge on any atom is -0.494 e. The summed E-state index contributed by atoms with van der Waals surface area (Å²) in [6, 6.07) is 3.23. The number of carbonyl (C=O) groups excluding carboxylic acids is 2. The van der Waals surface area contributed by atoms with Crippen molar-refractivity contribution < 1.29 is 23.8 Å². The lowest BCUT2D eigenvalue weighted by Gasteiger charge is -2.29. The van der Waals surface area contributed by atoms with Crippen LogP contribution in [0.2, 0.25) is 5.02 Å². The third-order valence-electron chi connectivity index (χ3n) is 2.65. The summed E-state index contributed by atoms with van der Waals surface area (Å²) in [5.74, 6) is -2.27. The van der Waals surface area contributed by atoms with Crippen LogP contribution in [0.25, 0.3) is 6.08 Å². The molecule has 1 fully saturated rings. The number of ether oxygens (including phenoxy) is 3. The van der Waals surface area contributed by atoms with Gasteiger partial charge in [-0.3, -0.25) is 0 Å². The first-order valence-electron chi connectivity index (χ1n) is 5.95. The van der Waals surface area contributed by atoms with Crippen molar-refractivity contribution in [2.24, 2.45) is 0 Å². The van der Waals surface area contributed by atoms with Crippen LogP contribution >= 0.6 is 27.5 Å². The van der Waals surface area contributed by atoms with Crippen molar-refractivity contribution in [3.63, 3.8) is 0 Å². The van der Waals surface area contributed by atoms with Crippen LogP contribution in [0.4, 0.5) is 0 Å². The Kier molecular flexibility index (Phi) is 4.30. The van der Waals surface area contributed by atoms with Gasteiger partial charge in [-0.1, -0.05) is 11.6 Å². The molecule has 5 nitrogen and oxygen atoms in total. The fraction of sp³-hybridized carbons (Fsp3) is 0.286. The summed E-state index contributed by atoms with van der Waals surface area (Å²) < 4.78 is 15.7. The number of cyclic esters (lactones) is 2. The molecule has 1 aliphatic rings. The largest absolute Gasteiger partial charge is 0.494 e. The van der Waals surface area contributed by atoms with E-state index in [0.29, 0.717) is 20.8 Å². The van der Waals surface area contributed by atoms with Gasteiger partial charge in [-0.2, -0.15) is 0 Å². The van der Waals surface area contributed by atoms with Gasteiger partial charge in [0.15, 0.2) is 5.75 Å². The number of hydrogen-bond acceptors (Lipinski definition) is 5. The zero-order chi connectivity index (χ0) is 15.8. The fourth-order valence-corrected chi connectivity index (χ4v) is 2.86. The van der Waals surface area contributed by atoms with Gasteiger partial charge in [0.2, 0.25) is 0 Å². The highest BCUT2D eigenvalue weighted by Gasteiger charge is 2.38. The maximum Gasteiger partial charge on any atom is 0.348 e. The van der Waals surface area contributed by atoms with Crippen molar-refractivity contribution in [2.45, 2.75) is 19.6 Å². The van der Waals surface area contributed by atoms with Crippen LogP contribution in [0, 0.1) is 0 Å². The van der Waals surface area contributed by atoms with Crippen LogP contribution in [0.3, 0.4) is 0 Å². The molecule has 112 valence electrons. The quantitative estimate of drug-likeness (QED) is 0.451. The highest BCUT2D eigenvalue weighted by molar-refractivity contribution is 9.10. The average Bonchev–Trinajstić information content (AvgIpc) is 2.32. The highest BCUT2D eigenvalue weighted by atomic mass is 79.9. The van der Waals surface area contributed by atoms with E-state index in [0.717, 1.165) is 0 Å². The molecule has 0 radical (unpaired) electrons. The molecule has 0 amide bonds. The van der Waals surface area contributed by atoms with Crippen LogP contribution in [-0.4, -0.2) is 24.8 Å².